The van der Waals surface area contributed by atoms with Gasteiger partial charge < -0.3 is 14.7 Å². The lowest BCUT2D eigenvalue weighted by atomic mass is 9.73. The number of nitrogens with zero attached hydrogens (tertiary/aromatic N) is 3. The lowest BCUT2D eigenvalue weighted by molar-refractivity contribution is -0.138. The van der Waals surface area contributed by atoms with E-state index in [2.05, 4.69) is 29.2 Å². The zero-order valence-electron chi connectivity index (χ0n) is 16.6. The Labute approximate surface area is 162 Å². The summed E-state index contributed by atoms with van der Waals surface area (Å²) in [6, 6.07) is 8.88. The van der Waals surface area contributed by atoms with E-state index in [1.54, 1.807) is 19.0 Å². The molecule has 2 heterocycles. The topological polar surface area (TPSA) is 43.9 Å². The van der Waals surface area contributed by atoms with Gasteiger partial charge in [-0.3, -0.25) is 4.79 Å². The van der Waals surface area contributed by atoms with E-state index in [1.165, 1.54) is 24.0 Å². The highest BCUT2D eigenvalue weighted by Gasteiger charge is 2.42. The third-order valence-corrected chi connectivity index (χ3v) is 6.92. The van der Waals surface area contributed by atoms with E-state index in [4.69, 9.17) is 0 Å². The van der Waals surface area contributed by atoms with Crippen molar-refractivity contribution < 1.29 is 9.59 Å². The third-order valence-electron chi connectivity index (χ3n) is 6.92. The molecule has 27 heavy (non-hydrogen) atoms. The smallest absolute Gasteiger partial charge is 0.319 e. The first-order chi connectivity index (χ1) is 13.0. The van der Waals surface area contributed by atoms with Gasteiger partial charge in [-0.25, -0.2) is 4.79 Å². The van der Waals surface area contributed by atoms with Crippen LogP contribution in [0.25, 0.3) is 0 Å². The Hall–Kier alpha value is -2.04. The maximum atomic E-state index is 13.1. The molecule has 146 valence electrons. The number of amides is 3. The number of piperidine rings is 2. The highest BCUT2D eigenvalue weighted by molar-refractivity contribution is 5.81. The summed E-state index contributed by atoms with van der Waals surface area (Å²) >= 11 is 0. The standard InChI is InChI=1S/C22H31N3O2/c1-23(2)21(27)25-13-5-7-18(16-25)20(26)24-14-11-22(12-15-24)10-9-17-6-3-4-8-19(17)22/h3-4,6,8,18H,5,7,9-16H2,1-2H3/t18-/m0/s1. The van der Waals surface area contributed by atoms with E-state index < -0.39 is 0 Å². The fourth-order valence-corrected chi connectivity index (χ4v) is 5.33. The van der Waals surface area contributed by atoms with Gasteiger partial charge in [-0.15, -0.1) is 0 Å². The Kier molecular flexibility index (Phi) is 4.87. The van der Waals surface area contributed by atoms with Crippen molar-refractivity contribution in [1.29, 1.82) is 0 Å². The molecule has 0 radical (unpaired) electrons. The molecule has 1 aliphatic carbocycles. The van der Waals surface area contributed by atoms with Crippen LogP contribution in [0.4, 0.5) is 4.79 Å². The molecule has 4 rings (SSSR count). The molecule has 0 bridgehead atoms. The van der Waals surface area contributed by atoms with Crippen molar-refractivity contribution in [3.8, 4) is 0 Å². The van der Waals surface area contributed by atoms with Crippen LogP contribution >= 0.6 is 0 Å². The van der Waals surface area contributed by atoms with Crippen LogP contribution in [0.1, 0.15) is 43.2 Å². The van der Waals surface area contributed by atoms with E-state index in [0.717, 1.165) is 45.3 Å². The largest absolute Gasteiger partial charge is 0.342 e. The number of hydrogen-bond acceptors (Lipinski definition) is 2. The summed E-state index contributed by atoms with van der Waals surface area (Å²) < 4.78 is 0. The van der Waals surface area contributed by atoms with Gasteiger partial charge in [0, 0.05) is 40.3 Å². The van der Waals surface area contributed by atoms with Crippen LogP contribution < -0.4 is 0 Å². The van der Waals surface area contributed by atoms with Crippen LogP contribution in [0.15, 0.2) is 24.3 Å². The summed E-state index contributed by atoms with van der Waals surface area (Å²) in [5, 5.41) is 0. The summed E-state index contributed by atoms with van der Waals surface area (Å²) in [5.74, 6) is 0.222. The maximum absolute atomic E-state index is 13.1. The van der Waals surface area contributed by atoms with Crippen LogP contribution in [0.5, 0.6) is 0 Å². The minimum absolute atomic E-state index is 0.0210. The monoisotopic (exact) mass is 369 g/mol. The molecule has 1 aromatic rings. The van der Waals surface area contributed by atoms with Crippen molar-refractivity contribution in [1.82, 2.24) is 14.7 Å². The molecule has 1 spiro atoms. The number of likely N-dealkylation sites (tertiary alicyclic amines) is 2. The lowest BCUT2D eigenvalue weighted by Gasteiger charge is -2.42. The van der Waals surface area contributed by atoms with Gasteiger partial charge in [-0.2, -0.15) is 0 Å². The lowest BCUT2D eigenvalue weighted by Crippen LogP contribution is -2.51. The molecule has 2 fully saturated rings. The van der Waals surface area contributed by atoms with Gasteiger partial charge in [-0.1, -0.05) is 24.3 Å². The first-order valence-electron chi connectivity index (χ1n) is 10.3. The summed E-state index contributed by atoms with van der Waals surface area (Å²) in [5.41, 5.74) is 3.31. The number of hydrogen-bond donors (Lipinski definition) is 0. The van der Waals surface area contributed by atoms with Crippen molar-refractivity contribution >= 4 is 11.9 Å². The van der Waals surface area contributed by atoms with E-state index >= 15 is 0 Å². The van der Waals surface area contributed by atoms with Crippen molar-refractivity contribution in [3.05, 3.63) is 35.4 Å². The third kappa shape index (κ3) is 3.32. The second-order valence-corrected chi connectivity index (χ2v) is 8.72. The number of aryl methyl sites for hydroxylation is 1. The number of carbonyl (C=O) groups is 2. The van der Waals surface area contributed by atoms with E-state index in [1.807, 2.05) is 4.90 Å². The fourth-order valence-electron chi connectivity index (χ4n) is 5.33. The molecule has 3 amide bonds. The van der Waals surface area contributed by atoms with Gasteiger partial charge in [0.1, 0.15) is 0 Å². The summed E-state index contributed by atoms with van der Waals surface area (Å²) in [7, 11) is 3.55. The maximum Gasteiger partial charge on any atom is 0.319 e. The zero-order chi connectivity index (χ0) is 19.0. The van der Waals surface area contributed by atoms with Gasteiger partial charge in [-0.05, 0) is 55.1 Å². The average molecular weight is 370 g/mol. The first kappa shape index (κ1) is 18.3. The molecule has 2 aliphatic heterocycles. The second kappa shape index (κ2) is 7.17. The van der Waals surface area contributed by atoms with Crippen LogP contribution in [-0.2, 0) is 16.6 Å². The quantitative estimate of drug-likeness (QED) is 0.764. The number of carbonyl (C=O) groups excluding carboxylic acids is 2. The van der Waals surface area contributed by atoms with Gasteiger partial charge in [0.05, 0.1) is 5.92 Å². The molecule has 0 saturated carbocycles. The van der Waals surface area contributed by atoms with Crippen LogP contribution in [0, 0.1) is 5.92 Å². The molecule has 0 aromatic heterocycles. The molecule has 0 unspecified atom stereocenters. The SMILES string of the molecule is CN(C)C(=O)N1CCC[C@H](C(=O)N2CCC3(CCc4ccccc43)CC2)C1. The van der Waals surface area contributed by atoms with Gasteiger partial charge in [0.25, 0.3) is 0 Å². The molecule has 5 nitrogen and oxygen atoms in total. The second-order valence-electron chi connectivity index (χ2n) is 8.72. The molecule has 1 atom stereocenters. The van der Waals surface area contributed by atoms with Crippen molar-refractivity contribution in [3.63, 3.8) is 0 Å². The van der Waals surface area contributed by atoms with E-state index in [9.17, 15) is 9.59 Å². The molecular weight excluding hydrogens is 338 g/mol. The van der Waals surface area contributed by atoms with Crippen molar-refractivity contribution in [2.45, 2.75) is 43.9 Å². The molecule has 2 saturated heterocycles. The minimum Gasteiger partial charge on any atom is -0.342 e. The summed E-state index contributed by atoms with van der Waals surface area (Å²) in [4.78, 5) is 30.9. The molecule has 1 aromatic carbocycles. The number of rotatable bonds is 1. The zero-order valence-corrected chi connectivity index (χ0v) is 16.6. The highest BCUT2D eigenvalue weighted by atomic mass is 16.2. The Morgan fingerprint density at radius 3 is 2.52 bits per heavy atom. The van der Waals surface area contributed by atoms with Gasteiger partial charge in [0.2, 0.25) is 5.91 Å². The van der Waals surface area contributed by atoms with Crippen molar-refractivity contribution in [2.24, 2.45) is 5.92 Å². The Balaban J connectivity index is 1.39. The fraction of sp³-hybridized carbons (Fsp3) is 0.636. The Morgan fingerprint density at radius 1 is 1.04 bits per heavy atom. The number of benzene rings is 1. The number of urea groups is 1. The van der Waals surface area contributed by atoms with Gasteiger partial charge >= 0.3 is 6.03 Å². The normalized spacial score (nSPS) is 24.0. The first-order valence-corrected chi connectivity index (χ1v) is 10.3. The Bertz CT molecular complexity index is 722. The number of fused-ring (bicyclic) bond motifs is 2. The molecule has 5 heteroatoms. The predicted molar refractivity (Wildman–Crippen MR) is 106 cm³/mol. The van der Waals surface area contributed by atoms with E-state index in [0.29, 0.717) is 6.54 Å². The van der Waals surface area contributed by atoms with Crippen molar-refractivity contribution in [2.75, 3.05) is 40.3 Å². The van der Waals surface area contributed by atoms with Crippen LogP contribution in [0.2, 0.25) is 0 Å². The molecular formula is C22H31N3O2. The highest BCUT2D eigenvalue weighted by Crippen LogP contribution is 2.46. The molecule has 0 N–H and O–H groups in total. The summed E-state index contributed by atoms with van der Waals surface area (Å²) in [6.45, 7) is 3.04. The average Bonchev–Trinajstić information content (AvgIpc) is 3.06. The predicted octanol–water partition coefficient (Wildman–Crippen LogP) is 2.89. The Morgan fingerprint density at radius 2 is 1.78 bits per heavy atom. The van der Waals surface area contributed by atoms with Gasteiger partial charge in [0.15, 0.2) is 0 Å². The summed E-state index contributed by atoms with van der Waals surface area (Å²) in [6.07, 6.45) is 6.37. The molecule has 3 aliphatic rings. The van der Waals surface area contributed by atoms with E-state index in [-0.39, 0.29) is 23.3 Å². The minimum atomic E-state index is -0.0347. The van der Waals surface area contributed by atoms with Crippen LogP contribution in [0.3, 0.4) is 0 Å². The van der Waals surface area contributed by atoms with Crippen LogP contribution in [-0.4, -0.2) is 66.9 Å².